The van der Waals surface area contributed by atoms with E-state index in [-0.39, 0.29) is 0 Å². The van der Waals surface area contributed by atoms with Crippen molar-refractivity contribution in [1.82, 2.24) is 29.3 Å². The Kier molecular flexibility index (Phi) is 3.35. The Morgan fingerprint density at radius 3 is 2.85 bits per heavy atom. The van der Waals surface area contributed by atoms with Gasteiger partial charge in [0.15, 0.2) is 0 Å². The molecule has 7 heteroatoms. The molecule has 126 valence electrons. The van der Waals surface area contributed by atoms with E-state index in [1.807, 2.05) is 76.2 Å². The zero-order valence-corrected chi connectivity index (χ0v) is 13.7. The van der Waals surface area contributed by atoms with Crippen LogP contribution in [0.5, 0.6) is 0 Å². The van der Waals surface area contributed by atoms with Crippen LogP contribution in [0.1, 0.15) is 5.56 Å². The molecule has 5 rings (SSSR count). The van der Waals surface area contributed by atoms with E-state index in [0.29, 0.717) is 24.0 Å². The van der Waals surface area contributed by atoms with Crippen molar-refractivity contribution in [3.05, 3.63) is 78.9 Å². The zero-order chi connectivity index (χ0) is 17.3. The van der Waals surface area contributed by atoms with Crippen LogP contribution < -0.4 is 0 Å². The molecule has 4 heterocycles. The minimum Gasteiger partial charge on any atom is -0.334 e. The van der Waals surface area contributed by atoms with Crippen molar-refractivity contribution in [3.8, 4) is 23.0 Å². The van der Waals surface area contributed by atoms with E-state index in [9.17, 15) is 0 Å². The summed E-state index contributed by atoms with van der Waals surface area (Å²) in [5, 5.41) is 8.32. The third-order valence-electron chi connectivity index (χ3n) is 4.10. The highest BCUT2D eigenvalue weighted by Gasteiger charge is 2.14. The molecule has 0 fully saturated rings. The summed E-state index contributed by atoms with van der Waals surface area (Å²) in [7, 11) is 0. The Morgan fingerprint density at radius 1 is 0.962 bits per heavy atom. The van der Waals surface area contributed by atoms with Crippen molar-refractivity contribution in [3.63, 3.8) is 0 Å². The van der Waals surface area contributed by atoms with E-state index in [2.05, 4.69) is 20.2 Å². The maximum atomic E-state index is 5.46. The molecule has 0 aliphatic carbocycles. The van der Waals surface area contributed by atoms with Crippen molar-refractivity contribution in [2.75, 3.05) is 0 Å². The number of rotatable bonds is 4. The number of aromatic nitrogens is 6. The van der Waals surface area contributed by atoms with Gasteiger partial charge < -0.3 is 8.92 Å². The molecular weight excluding hydrogens is 328 g/mol. The summed E-state index contributed by atoms with van der Waals surface area (Å²) in [6, 6.07) is 15.7. The molecule has 0 spiro atoms. The van der Waals surface area contributed by atoms with E-state index in [1.165, 1.54) is 0 Å². The number of hydrogen-bond acceptors (Lipinski definition) is 5. The van der Waals surface area contributed by atoms with E-state index in [0.717, 1.165) is 16.8 Å². The number of imidazole rings is 1. The van der Waals surface area contributed by atoms with Gasteiger partial charge in [-0.25, -0.2) is 4.98 Å². The topological polar surface area (TPSA) is 74.0 Å². The third-order valence-corrected chi connectivity index (χ3v) is 4.10. The van der Waals surface area contributed by atoms with Crippen LogP contribution in [0.2, 0.25) is 0 Å². The summed E-state index contributed by atoms with van der Waals surface area (Å²) in [6.45, 7) is 0.689. The fraction of sp³-hybridized carbons (Fsp3) is 0.0526. The third kappa shape index (κ3) is 2.65. The fourth-order valence-electron chi connectivity index (χ4n) is 2.87. The van der Waals surface area contributed by atoms with Crippen molar-refractivity contribution >= 4 is 5.65 Å². The van der Waals surface area contributed by atoms with Gasteiger partial charge in [0.25, 0.3) is 5.89 Å². The Labute approximate surface area is 148 Å². The van der Waals surface area contributed by atoms with Crippen LogP contribution >= 0.6 is 0 Å². The average Bonchev–Trinajstić information content (AvgIpc) is 3.41. The number of fused-ring (bicyclic) bond motifs is 1. The molecule has 0 aliphatic heterocycles. The second kappa shape index (κ2) is 5.96. The molecule has 26 heavy (non-hydrogen) atoms. The molecule has 5 aromatic rings. The summed E-state index contributed by atoms with van der Waals surface area (Å²) >= 11 is 0. The Morgan fingerprint density at radius 2 is 1.96 bits per heavy atom. The molecule has 4 aromatic heterocycles. The summed E-state index contributed by atoms with van der Waals surface area (Å²) < 4.78 is 9.26. The van der Waals surface area contributed by atoms with Gasteiger partial charge in [-0.1, -0.05) is 23.4 Å². The lowest BCUT2D eigenvalue weighted by atomic mass is 10.1. The van der Waals surface area contributed by atoms with Crippen LogP contribution in [0, 0.1) is 0 Å². The lowest BCUT2D eigenvalue weighted by Gasteiger charge is -2.03. The van der Waals surface area contributed by atoms with Crippen LogP contribution in [-0.4, -0.2) is 29.3 Å². The van der Waals surface area contributed by atoms with E-state index in [1.54, 1.807) is 6.20 Å². The summed E-state index contributed by atoms with van der Waals surface area (Å²) in [6.07, 6.45) is 7.52. The van der Waals surface area contributed by atoms with Crippen molar-refractivity contribution in [1.29, 1.82) is 0 Å². The first-order chi connectivity index (χ1) is 12.8. The largest absolute Gasteiger partial charge is 0.334 e. The van der Waals surface area contributed by atoms with Gasteiger partial charge in [0.2, 0.25) is 5.82 Å². The molecule has 0 aliphatic rings. The number of benzene rings is 1. The van der Waals surface area contributed by atoms with E-state index < -0.39 is 0 Å². The monoisotopic (exact) mass is 342 g/mol. The maximum absolute atomic E-state index is 5.46. The minimum absolute atomic E-state index is 0.472. The fourth-order valence-corrected chi connectivity index (χ4v) is 2.87. The normalized spacial score (nSPS) is 11.2. The van der Waals surface area contributed by atoms with Gasteiger partial charge in [0.05, 0.1) is 6.54 Å². The highest BCUT2D eigenvalue weighted by Crippen LogP contribution is 2.23. The Balaban J connectivity index is 1.46. The van der Waals surface area contributed by atoms with Gasteiger partial charge in [-0.2, -0.15) is 10.1 Å². The predicted octanol–water partition coefficient (Wildman–Crippen LogP) is 3.30. The number of hydrogen-bond donors (Lipinski definition) is 0. The average molecular weight is 342 g/mol. The van der Waals surface area contributed by atoms with Gasteiger partial charge in [0.1, 0.15) is 11.3 Å². The van der Waals surface area contributed by atoms with Gasteiger partial charge in [-0.3, -0.25) is 4.68 Å². The molecule has 0 radical (unpaired) electrons. The van der Waals surface area contributed by atoms with Crippen molar-refractivity contribution in [2.24, 2.45) is 0 Å². The molecule has 0 saturated heterocycles. The van der Waals surface area contributed by atoms with Gasteiger partial charge >= 0.3 is 0 Å². The minimum atomic E-state index is 0.472. The Hall–Kier alpha value is -3.74. The van der Waals surface area contributed by atoms with Crippen LogP contribution in [0.4, 0.5) is 0 Å². The summed E-state index contributed by atoms with van der Waals surface area (Å²) in [5.41, 5.74) is 3.50. The molecule has 0 atom stereocenters. The van der Waals surface area contributed by atoms with Gasteiger partial charge in [0, 0.05) is 30.4 Å². The first kappa shape index (κ1) is 14.6. The maximum Gasteiger partial charge on any atom is 0.258 e. The predicted molar refractivity (Wildman–Crippen MR) is 95.2 cm³/mol. The standard InChI is InChI=1S/C19H14N6O/c1-2-9-24-13-16(21-17(24)7-1)18-22-19(26-23-18)15-6-3-5-14(11-15)12-25-10-4-8-20-25/h1-11,13H,12H2. The van der Waals surface area contributed by atoms with Crippen LogP contribution in [0.25, 0.3) is 28.6 Å². The molecule has 0 N–H and O–H groups in total. The van der Waals surface area contributed by atoms with Gasteiger partial charge in [-0.15, -0.1) is 0 Å². The molecular formula is C19H14N6O. The number of nitrogens with zero attached hydrogens (tertiary/aromatic N) is 6. The van der Waals surface area contributed by atoms with Crippen molar-refractivity contribution in [2.45, 2.75) is 6.54 Å². The number of pyridine rings is 1. The van der Waals surface area contributed by atoms with Crippen molar-refractivity contribution < 1.29 is 4.52 Å². The molecule has 0 saturated carbocycles. The second-order valence-corrected chi connectivity index (χ2v) is 5.92. The Bertz CT molecular complexity index is 1140. The molecule has 0 amide bonds. The highest BCUT2D eigenvalue weighted by molar-refractivity contribution is 5.60. The molecule has 0 unspecified atom stereocenters. The van der Waals surface area contributed by atoms with E-state index in [4.69, 9.17) is 4.52 Å². The zero-order valence-electron chi connectivity index (χ0n) is 13.7. The lowest BCUT2D eigenvalue weighted by Crippen LogP contribution is -1.99. The smallest absolute Gasteiger partial charge is 0.258 e. The molecule has 7 nitrogen and oxygen atoms in total. The van der Waals surface area contributed by atoms with Crippen LogP contribution in [0.3, 0.4) is 0 Å². The summed E-state index contributed by atoms with van der Waals surface area (Å²) in [5.74, 6) is 0.945. The highest BCUT2D eigenvalue weighted by atomic mass is 16.5. The van der Waals surface area contributed by atoms with Crippen LogP contribution in [0.15, 0.2) is 77.8 Å². The first-order valence-corrected chi connectivity index (χ1v) is 8.20. The first-order valence-electron chi connectivity index (χ1n) is 8.20. The second-order valence-electron chi connectivity index (χ2n) is 5.92. The molecule has 1 aromatic carbocycles. The van der Waals surface area contributed by atoms with E-state index >= 15 is 0 Å². The van der Waals surface area contributed by atoms with Crippen LogP contribution in [-0.2, 0) is 6.54 Å². The van der Waals surface area contributed by atoms with Gasteiger partial charge in [-0.05, 0) is 35.9 Å². The SMILES string of the molecule is c1cc(Cn2cccn2)cc(-c2nc(-c3cn4ccccc4n3)no2)c1. The quantitative estimate of drug-likeness (QED) is 0.501. The summed E-state index contributed by atoms with van der Waals surface area (Å²) in [4.78, 5) is 9.03. The lowest BCUT2D eigenvalue weighted by molar-refractivity contribution is 0.432. The molecule has 0 bridgehead atoms.